The number of H-pyrrole nitrogens is 1. The van der Waals surface area contributed by atoms with Crippen LogP contribution in [-0.4, -0.2) is 34.6 Å². The first kappa shape index (κ1) is 14.0. The summed E-state index contributed by atoms with van der Waals surface area (Å²) in [6, 6.07) is -1.24. The molecule has 1 atom stereocenters. The van der Waals surface area contributed by atoms with Gasteiger partial charge >= 0.3 is 6.18 Å². The molecule has 18 heavy (non-hydrogen) atoms. The number of aromatic amines is 1. The van der Waals surface area contributed by atoms with Crippen LogP contribution in [0.15, 0.2) is 6.20 Å². The van der Waals surface area contributed by atoms with Crippen molar-refractivity contribution in [3.8, 4) is 0 Å². The number of carbonyl (C=O) groups excluding carboxylic acids is 2. The number of halogens is 3. The van der Waals surface area contributed by atoms with Gasteiger partial charge in [-0.2, -0.15) is 18.3 Å². The zero-order chi connectivity index (χ0) is 13.9. The van der Waals surface area contributed by atoms with E-state index in [0.29, 0.717) is 6.20 Å². The van der Waals surface area contributed by atoms with Gasteiger partial charge in [-0.05, 0) is 0 Å². The average Bonchev–Trinajstić information content (AvgIpc) is 2.73. The molecule has 0 aliphatic rings. The Balaban J connectivity index is 2.92. The number of hydrogen-bond donors (Lipinski definition) is 4. The molecule has 0 fully saturated rings. The Morgan fingerprint density at radius 3 is 2.56 bits per heavy atom. The minimum absolute atomic E-state index is 0.319. The van der Waals surface area contributed by atoms with Crippen molar-refractivity contribution >= 4 is 11.8 Å². The van der Waals surface area contributed by atoms with Gasteiger partial charge in [0.1, 0.15) is 6.04 Å². The Hall–Kier alpha value is -2.10. The minimum atomic E-state index is -4.76. The first-order valence-electron chi connectivity index (χ1n) is 4.68. The Morgan fingerprint density at radius 2 is 2.11 bits per heavy atom. The van der Waals surface area contributed by atoms with E-state index in [0.717, 1.165) is 0 Å². The molecule has 6 N–H and O–H groups in total. The fourth-order valence-corrected chi connectivity index (χ4v) is 1.16. The molecule has 0 radical (unpaired) electrons. The van der Waals surface area contributed by atoms with E-state index in [9.17, 15) is 22.8 Å². The minimum Gasteiger partial charge on any atom is -0.368 e. The molecule has 1 aromatic heterocycles. The number of alkyl halides is 3. The van der Waals surface area contributed by atoms with Crippen LogP contribution in [0.5, 0.6) is 0 Å². The van der Waals surface area contributed by atoms with Crippen molar-refractivity contribution in [1.29, 1.82) is 0 Å². The number of nitrogens with zero attached hydrogens (tertiary/aromatic N) is 1. The fourth-order valence-electron chi connectivity index (χ4n) is 1.16. The van der Waals surface area contributed by atoms with Gasteiger partial charge in [-0.3, -0.25) is 14.7 Å². The van der Waals surface area contributed by atoms with Gasteiger partial charge in [0.05, 0.1) is 11.8 Å². The second kappa shape index (κ2) is 5.04. The summed E-state index contributed by atoms with van der Waals surface area (Å²) in [5.41, 5.74) is 7.99. The van der Waals surface area contributed by atoms with Crippen LogP contribution in [0.1, 0.15) is 16.1 Å². The van der Waals surface area contributed by atoms with Crippen LogP contribution in [0.25, 0.3) is 0 Å². The lowest BCUT2D eigenvalue weighted by atomic mass is 10.2. The van der Waals surface area contributed by atoms with Gasteiger partial charge in [0.2, 0.25) is 5.91 Å². The maximum absolute atomic E-state index is 12.5. The van der Waals surface area contributed by atoms with E-state index >= 15 is 0 Å². The lowest BCUT2D eigenvalue weighted by molar-refractivity contribution is -0.141. The first-order chi connectivity index (χ1) is 8.27. The van der Waals surface area contributed by atoms with E-state index < -0.39 is 35.3 Å². The van der Waals surface area contributed by atoms with Gasteiger partial charge in [-0.25, -0.2) is 0 Å². The molecule has 0 saturated carbocycles. The predicted octanol–water partition coefficient (Wildman–Crippen LogP) is -1.03. The number of hydrogen-bond acceptors (Lipinski definition) is 4. The highest BCUT2D eigenvalue weighted by Gasteiger charge is 2.38. The number of carbonyl (C=O) groups is 2. The molecule has 10 heteroatoms. The van der Waals surface area contributed by atoms with Gasteiger partial charge in [0.15, 0.2) is 5.69 Å². The summed E-state index contributed by atoms with van der Waals surface area (Å²) in [6.45, 7) is -0.319. The quantitative estimate of drug-likeness (QED) is 0.555. The van der Waals surface area contributed by atoms with Crippen LogP contribution in [0.4, 0.5) is 13.2 Å². The van der Waals surface area contributed by atoms with E-state index in [-0.39, 0.29) is 6.54 Å². The molecule has 0 aliphatic carbocycles. The topological polar surface area (TPSA) is 127 Å². The second-order valence-corrected chi connectivity index (χ2v) is 3.32. The average molecular weight is 265 g/mol. The predicted molar refractivity (Wildman–Crippen MR) is 53.1 cm³/mol. The lowest BCUT2D eigenvalue weighted by Crippen LogP contribution is -2.49. The Morgan fingerprint density at radius 1 is 1.50 bits per heavy atom. The third-order valence-corrected chi connectivity index (χ3v) is 2.05. The molecule has 100 valence electrons. The summed E-state index contributed by atoms with van der Waals surface area (Å²) in [4.78, 5) is 22.3. The molecule has 1 heterocycles. The van der Waals surface area contributed by atoms with Crippen LogP contribution in [0, 0.1) is 0 Å². The number of primary amides is 1. The molecule has 0 aliphatic heterocycles. The summed E-state index contributed by atoms with van der Waals surface area (Å²) in [6.07, 6.45) is -4.05. The normalized spacial score (nSPS) is 13.1. The summed E-state index contributed by atoms with van der Waals surface area (Å²) < 4.78 is 37.4. The molecule has 1 rings (SSSR count). The van der Waals surface area contributed by atoms with Gasteiger partial charge in [0.25, 0.3) is 5.91 Å². The van der Waals surface area contributed by atoms with Crippen LogP contribution in [-0.2, 0) is 11.0 Å². The van der Waals surface area contributed by atoms with Gasteiger partial charge in [-0.1, -0.05) is 0 Å². The number of aromatic nitrogens is 2. The lowest BCUT2D eigenvalue weighted by Gasteiger charge is -2.13. The molecule has 0 bridgehead atoms. The smallest absolute Gasteiger partial charge is 0.368 e. The second-order valence-electron chi connectivity index (χ2n) is 3.32. The van der Waals surface area contributed by atoms with E-state index in [1.807, 2.05) is 5.32 Å². The third-order valence-electron chi connectivity index (χ3n) is 2.05. The zero-order valence-electron chi connectivity index (χ0n) is 8.91. The number of nitrogens with one attached hydrogen (secondary N) is 2. The van der Waals surface area contributed by atoms with Crippen molar-refractivity contribution in [3.05, 3.63) is 17.5 Å². The largest absolute Gasteiger partial charge is 0.433 e. The maximum Gasteiger partial charge on any atom is 0.433 e. The van der Waals surface area contributed by atoms with Crippen molar-refractivity contribution in [2.75, 3.05) is 6.54 Å². The van der Waals surface area contributed by atoms with Gasteiger partial charge in [-0.15, -0.1) is 0 Å². The van der Waals surface area contributed by atoms with Crippen molar-refractivity contribution in [2.45, 2.75) is 12.2 Å². The Kier molecular flexibility index (Phi) is 3.91. The molecule has 0 spiro atoms. The highest BCUT2D eigenvalue weighted by molar-refractivity contribution is 5.98. The molecule has 1 unspecified atom stereocenters. The van der Waals surface area contributed by atoms with Crippen LogP contribution < -0.4 is 16.8 Å². The SMILES string of the molecule is NCC(NC(=O)c1cn[nH]c1C(F)(F)F)C(N)=O. The van der Waals surface area contributed by atoms with Crippen molar-refractivity contribution in [3.63, 3.8) is 0 Å². The summed E-state index contributed by atoms with van der Waals surface area (Å²) in [5, 5.41) is 6.78. The fraction of sp³-hybridized carbons (Fsp3) is 0.375. The zero-order valence-corrected chi connectivity index (χ0v) is 8.91. The third kappa shape index (κ3) is 2.97. The first-order valence-corrected chi connectivity index (χ1v) is 4.68. The van der Waals surface area contributed by atoms with Gasteiger partial charge in [0, 0.05) is 6.54 Å². The summed E-state index contributed by atoms with van der Waals surface area (Å²) >= 11 is 0. The number of rotatable bonds is 4. The molecule has 7 nitrogen and oxygen atoms in total. The van der Waals surface area contributed by atoms with Crippen molar-refractivity contribution in [1.82, 2.24) is 15.5 Å². The van der Waals surface area contributed by atoms with Crippen LogP contribution in [0.2, 0.25) is 0 Å². The van der Waals surface area contributed by atoms with Crippen LogP contribution >= 0.6 is 0 Å². The van der Waals surface area contributed by atoms with Crippen molar-refractivity contribution in [2.24, 2.45) is 11.5 Å². The molecule has 1 aromatic rings. The number of amides is 2. The summed E-state index contributed by atoms with van der Waals surface area (Å²) in [5.74, 6) is -2.08. The van der Waals surface area contributed by atoms with E-state index in [1.54, 1.807) is 5.10 Å². The molecule has 0 aromatic carbocycles. The highest BCUT2D eigenvalue weighted by atomic mass is 19.4. The molecule has 0 saturated heterocycles. The Labute approximate surface area is 98.7 Å². The van der Waals surface area contributed by atoms with E-state index in [1.165, 1.54) is 0 Å². The van der Waals surface area contributed by atoms with Crippen LogP contribution in [0.3, 0.4) is 0 Å². The summed E-state index contributed by atoms with van der Waals surface area (Å²) in [7, 11) is 0. The molecule has 2 amide bonds. The number of nitrogens with two attached hydrogens (primary N) is 2. The maximum atomic E-state index is 12.5. The monoisotopic (exact) mass is 265 g/mol. The molecular formula is C8H10F3N5O2. The van der Waals surface area contributed by atoms with Gasteiger partial charge < -0.3 is 16.8 Å². The highest BCUT2D eigenvalue weighted by Crippen LogP contribution is 2.29. The van der Waals surface area contributed by atoms with E-state index in [2.05, 4.69) is 5.10 Å². The molecular weight excluding hydrogens is 255 g/mol. The van der Waals surface area contributed by atoms with E-state index in [4.69, 9.17) is 11.5 Å². The Bertz CT molecular complexity index is 456. The standard InChI is InChI=1S/C8H10F3N5O2/c9-8(10,11)5-3(2-14-16-5)7(18)15-4(1-12)6(13)17/h2,4H,1,12H2,(H2,13,17)(H,14,16)(H,15,18). The van der Waals surface area contributed by atoms with Crippen molar-refractivity contribution < 1.29 is 22.8 Å².